The van der Waals surface area contributed by atoms with Crippen molar-refractivity contribution in [1.29, 1.82) is 0 Å². The van der Waals surface area contributed by atoms with Gasteiger partial charge in [0.1, 0.15) is 0 Å². The number of ether oxygens (including phenoxy) is 1. The van der Waals surface area contributed by atoms with Crippen LogP contribution in [0.15, 0.2) is 35.2 Å². The molecule has 7 heteroatoms. The summed E-state index contributed by atoms with van der Waals surface area (Å²) in [6.07, 6.45) is 0. The fourth-order valence-corrected chi connectivity index (χ4v) is 1.54. The zero-order chi connectivity index (χ0) is 14.7. The van der Waals surface area contributed by atoms with Gasteiger partial charge in [0, 0.05) is 12.5 Å². The van der Waals surface area contributed by atoms with Gasteiger partial charge in [0.25, 0.3) is 10.1 Å². The van der Waals surface area contributed by atoms with Gasteiger partial charge in [-0.1, -0.05) is 18.2 Å². The molecular weight excluding hydrogens is 272 g/mol. The number of aliphatic hydroxyl groups excluding tert-OH is 2. The van der Waals surface area contributed by atoms with Gasteiger partial charge in [-0.3, -0.25) is 4.55 Å². The minimum Gasteiger partial charge on any atom is -0.396 e. The molecule has 1 aromatic carbocycles. The highest BCUT2D eigenvalue weighted by Gasteiger charge is 2.05. The molecular formula is C12H20O6S. The molecule has 0 fully saturated rings. The molecule has 110 valence electrons. The van der Waals surface area contributed by atoms with Crippen molar-refractivity contribution >= 4 is 10.1 Å². The van der Waals surface area contributed by atoms with E-state index in [0.717, 1.165) is 0 Å². The van der Waals surface area contributed by atoms with Crippen LogP contribution in [0.1, 0.15) is 6.92 Å². The topological polar surface area (TPSA) is 104 Å². The quantitative estimate of drug-likeness (QED) is 0.662. The van der Waals surface area contributed by atoms with Gasteiger partial charge in [0.15, 0.2) is 0 Å². The lowest BCUT2D eigenvalue weighted by Crippen LogP contribution is -2.17. The van der Waals surface area contributed by atoms with Crippen LogP contribution in [0.4, 0.5) is 0 Å². The van der Waals surface area contributed by atoms with Crippen molar-refractivity contribution in [3.63, 3.8) is 0 Å². The molecule has 0 saturated carbocycles. The van der Waals surface area contributed by atoms with Crippen LogP contribution in [-0.4, -0.2) is 49.6 Å². The minimum atomic E-state index is -4.00. The lowest BCUT2D eigenvalue weighted by molar-refractivity contribution is 0.0508. The van der Waals surface area contributed by atoms with Gasteiger partial charge in [-0.05, 0) is 19.1 Å². The third-order valence-electron chi connectivity index (χ3n) is 2.12. The zero-order valence-corrected chi connectivity index (χ0v) is 11.6. The first-order valence-corrected chi connectivity index (χ1v) is 7.21. The Hall–Kier alpha value is -0.990. The van der Waals surface area contributed by atoms with Crippen molar-refractivity contribution in [2.75, 3.05) is 26.4 Å². The molecule has 0 heterocycles. The lowest BCUT2D eigenvalue weighted by atomic mass is 10.2. The Labute approximate surface area is 113 Å². The highest BCUT2D eigenvalue weighted by atomic mass is 32.2. The number of rotatable bonds is 6. The molecule has 0 amide bonds. The molecule has 0 atom stereocenters. The van der Waals surface area contributed by atoms with E-state index in [9.17, 15) is 8.42 Å². The van der Waals surface area contributed by atoms with E-state index in [2.05, 4.69) is 0 Å². The van der Waals surface area contributed by atoms with Gasteiger partial charge in [-0.25, -0.2) is 0 Å². The van der Waals surface area contributed by atoms with Gasteiger partial charge >= 0.3 is 0 Å². The molecule has 0 aromatic heterocycles. The highest BCUT2D eigenvalue weighted by molar-refractivity contribution is 7.85. The molecule has 0 saturated heterocycles. The molecule has 1 rings (SSSR count). The molecule has 0 aliphatic rings. The summed E-state index contributed by atoms with van der Waals surface area (Å²) in [5.41, 5.74) is 0. The molecule has 1 aromatic rings. The van der Waals surface area contributed by atoms with E-state index < -0.39 is 10.1 Å². The Morgan fingerprint density at radius 2 is 1.68 bits per heavy atom. The fourth-order valence-electron chi connectivity index (χ4n) is 1.04. The summed E-state index contributed by atoms with van der Waals surface area (Å²) >= 11 is 0. The van der Waals surface area contributed by atoms with Crippen molar-refractivity contribution in [3.05, 3.63) is 30.3 Å². The van der Waals surface area contributed by atoms with Gasteiger partial charge in [0.2, 0.25) is 0 Å². The van der Waals surface area contributed by atoms with Gasteiger partial charge in [-0.2, -0.15) is 8.42 Å². The number of benzene rings is 1. The minimum absolute atomic E-state index is 0.00347. The van der Waals surface area contributed by atoms with E-state index in [-0.39, 0.29) is 24.0 Å². The lowest BCUT2D eigenvalue weighted by Gasteiger charge is -2.08. The largest absolute Gasteiger partial charge is 0.396 e. The summed E-state index contributed by atoms with van der Waals surface area (Å²) in [6, 6.07) is 7.42. The molecule has 0 bridgehead atoms. The van der Waals surface area contributed by atoms with E-state index in [1.807, 2.05) is 6.92 Å². The molecule has 0 spiro atoms. The smallest absolute Gasteiger partial charge is 0.294 e. The average Bonchev–Trinajstić information content (AvgIpc) is 2.41. The van der Waals surface area contributed by atoms with Crippen molar-refractivity contribution in [2.24, 2.45) is 5.92 Å². The maximum atomic E-state index is 10.4. The fraction of sp³-hybridized carbons (Fsp3) is 0.500. The number of aliphatic hydroxyl groups is 2. The molecule has 0 radical (unpaired) electrons. The van der Waals surface area contributed by atoms with Gasteiger partial charge in [0.05, 0.1) is 24.7 Å². The standard InChI is InChI=1S/C6H6O3S.C6H14O3/c7-10(8,9)6-4-2-1-3-5-6;1-2-9-5-6(3-7)4-8/h1-5H,(H,7,8,9);6-8H,2-5H2,1H3. The van der Waals surface area contributed by atoms with E-state index in [1.54, 1.807) is 18.2 Å². The molecule has 3 N–H and O–H groups in total. The second-order valence-corrected chi connectivity index (χ2v) is 5.10. The van der Waals surface area contributed by atoms with Crippen LogP contribution in [0, 0.1) is 5.92 Å². The summed E-state index contributed by atoms with van der Waals surface area (Å²) < 4.78 is 34.2. The SMILES string of the molecule is CCOCC(CO)CO.O=S(=O)(O)c1ccccc1. The highest BCUT2D eigenvalue weighted by Crippen LogP contribution is 2.05. The van der Waals surface area contributed by atoms with Crippen molar-refractivity contribution in [3.8, 4) is 0 Å². The Morgan fingerprint density at radius 1 is 1.16 bits per heavy atom. The second kappa shape index (κ2) is 9.88. The van der Waals surface area contributed by atoms with Crippen LogP contribution in [0.3, 0.4) is 0 Å². The molecule has 19 heavy (non-hydrogen) atoms. The molecule has 0 aliphatic carbocycles. The summed E-state index contributed by atoms with van der Waals surface area (Å²) in [5, 5.41) is 17.0. The number of hydrogen-bond acceptors (Lipinski definition) is 5. The summed E-state index contributed by atoms with van der Waals surface area (Å²) in [5.74, 6) is -0.107. The van der Waals surface area contributed by atoms with Crippen molar-refractivity contribution in [1.82, 2.24) is 0 Å². The Morgan fingerprint density at radius 3 is 2.00 bits per heavy atom. The van der Waals surface area contributed by atoms with E-state index in [0.29, 0.717) is 13.2 Å². The number of hydrogen-bond donors (Lipinski definition) is 3. The monoisotopic (exact) mass is 292 g/mol. The maximum Gasteiger partial charge on any atom is 0.294 e. The third kappa shape index (κ3) is 8.68. The molecule has 6 nitrogen and oxygen atoms in total. The van der Waals surface area contributed by atoms with Crippen LogP contribution < -0.4 is 0 Å². The molecule has 0 aliphatic heterocycles. The normalized spacial score (nSPS) is 11.0. The van der Waals surface area contributed by atoms with Crippen LogP contribution in [-0.2, 0) is 14.9 Å². The average molecular weight is 292 g/mol. The first-order valence-electron chi connectivity index (χ1n) is 5.77. The summed E-state index contributed by atoms with van der Waals surface area (Å²) in [6.45, 7) is 2.96. The van der Waals surface area contributed by atoms with Crippen LogP contribution >= 0.6 is 0 Å². The molecule has 0 unspecified atom stereocenters. The van der Waals surface area contributed by atoms with Gasteiger partial charge < -0.3 is 14.9 Å². The van der Waals surface area contributed by atoms with Crippen molar-refractivity contribution in [2.45, 2.75) is 11.8 Å². The van der Waals surface area contributed by atoms with Gasteiger partial charge in [-0.15, -0.1) is 0 Å². The Balaban J connectivity index is 0.000000344. The summed E-state index contributed by atoms with van der Waals surface area (Å²) in [4.78, 5) is -0.0741. The van der Waals surface area contributed by atoms with E-state index >= 15 is 0 Å². The van der Waals surface area contributed by atoms with Crippen LogP contribution in [0.25, 0.3) is 0 Å². The summed E-state index contributed by atoms with van der Waals surface area (Å²) in [7, 11) is -4.00. The predicted octanol–water partition coefficient (Wildman–Crippen LogP) is 0.557. The third-order valence-corrected chi connectivity index (χ3v) is 2.98. The Kier molecular flexibility index (Phi) is 9.36. The van der Waals surface area contributed by atoms with E-state index in [1.165, 1.54) is 12.1 Å². The Bertz CT molecular complexity index is 413. The van der Waals surface area contributed by atoms with E-state index in [4.69, 9.17) is 19.5 Å². The zero-order valence-electron chi connectivity index (χ0n) is 10.8. The second-order valence-electron chi connectivity index (χ2n) is 3.68. The first-order chi connectivity index (χ1) is 8.95. The predicted molar refractivity (Wildman–Crippen MR) is 70.4 cm³/mol. The van der Waals surface area contributed by atoms with Crippen LogP contribution in [0.2, 0.25) is 0 Å². The van der Waals surface area contributed by atoms with Crippen molar-refractivity contribution < 1.29 is 27.9 Å². The first kappa shape index (κ1) is 18.0. The van der Waals surface area contributed by atoms with Crippen LogP contribution in [0.5, 0.6) is 0 Å². The maximum absolute atomic E-state index is 10.4.